The lowest BCUT2D eigenvalue weighted by Crippen LogP contribution is -2.50. The van der Waals surface area contributed by atoms with E-state index in [-0.39, 0.29) is 5.41 Å². The van der Waals surface area contributed by atoms with E-state index in [1.807, 2.05) is 0 Å². The predicted molar refractivity (Wildman–Crippen MR) is 81.3 cm³/mol. The van der Waals surface area contributed by atoms with Crippen LogP contribution in [0.5, 0.6) is 0 Å². The van der Waals surface area contributed by atoms with E-state index >= 15 is 0 Å². The molecular weight excluding hydrogens is 244 g/mol. The van der Waals surface area contributed by atoms with Crippen molar-refractivity contribution in [2.75, 3.05) is 0 Å². The van der Waals surface area contributed by atoms with Crippen molar-refractivity contribution in [2.24, 2.45) is 28.6 Å². The Morgan fingerprint density at radius 1 is 1.05 bits per heavy atom. The van der Waals surface area contributed by atoms with Crippen LogP contribution in [0.25, 0.3) is 0 Å². The number of fused-ring (bicyclic) bond motifs is 5. The van der Waals surface area contributed by atoms with Crippen LogP contribution in [0.1, 0.15) is 71.6 Å². The first-order valence-electron chi connectivity index (χ1n) is 8.79. The molecule has 110 valence electrons. The first kappa shape index (κ1) is 13.1. The monoisotopic (exact) mass is 272 g/mol. The number of allylic oxidation sites excluding steroid dienone is 2. The number of carbonyl (C=O) groups excluding carboxylic acids is 1. The van der Waals surface area contributed by atoms with E-state index in [4.69, 9.17) is 0 Å². The highest BCUT2D eigenvalue weighted by Gasteiger charge is 2.56. The average Bonchev–Trinajstić information content (AvgIpc) is 2.74. The molecule has 0 N–H and O–H groups in total. The molecule has 0 aromatic heterocycles. The maximum absolute atomic E-state index is 12.3. The number of ketones is 1. The number of hydrogen-bond donors (Lipinski definition) is 0. The molecule has 1 nitrogen and oxygen atoms in total. The van der Waals surface area contributed by atoms with Crippen LogP contribution in [-0.4, -0.2) is 5.78 Å². The largest absolute Gasteiger partial charge is 0.298 e. The Morgan fingerprint density at radius 3 is 2.75 bits per heavy atom. The third-order valence-electron chi connectivity index (χ3n) is 7.72. The molecule has 3 saturated carbocycles. The van der Waals surface area contributed by atoms with Crippen molar-refractivity contribution in [1.29, 1.82) is 0 Å². The molecule has 0 saturated heterocycles. The van der Waals surface area contributed by atoms with Gasteiger partial charge in [-0.1, -0.05) is 31.4 Å². The minimum absolute atomic E-state index is 0.0704. The first-order chi connectivity index (χ1) is 9.56. The Labute approximate surface area is 123 Å². The second kappa shape index (κ2) is 4.21. The summed E-state index contributed by atoms with van der Waals surface area (Å²) >= 11 is 0. The summed E-state index contributed by atoms with van der Waals surface area (Å²) in [6.07, 6.45) is 14.0. The summed E-state index contributed by atoms with van der Waals surface area (Å²) < 4.78 is 0. The van der Waals surface area contributed by atoms with Crippen LogP contribution in [0, 0.1) is 28.6 Å². The summed E-state index contributed by atoms with van der Waals surface area (Å²) in [5.41, 5.74) is 2.07. The van der Waals surface area contributed by atoms with Crippen LogP contribution in [0.4, 0.5) is 0 Å². The van der Waals surface area contributed by atoms with Crippen molar-refractivity contribution in [3.05, 3.63) is 11.6 Å². The summed E-state index contributed by atoms with van der Waals surface area (Å²) in [7, 11) is 0. The number of rotatable bonds is 0. The van der Waals surface area contributed by atoms with E-state index < -0.39 is 0 Å². The van der Waals surface area contributed by atoms with Gasteiger partial charge in [0.25, 0.3) is 0 Å². The lowest BCUT2D eigenvalue weighted by atomic mass is 9.46. The van der Waals surface area contributed by atoms with E-state index in [1.165, 1.54) is 44.9 Å². The number of Topliss-reactive ketones (excluding diaryl/α,β-unsaturated/α-hetero) is 1. The van der Waals surface area contributed by atoms with Crippen LogP contribution < -0.4 is 0 Å². The molecule has 0 heterocycles. The Morgan fingerprint density at radius 2 is 1.90 bits per heavy atom. The molecule has 0 aromatic carbocycles. The van der Waals surface area contributed by atoms with Crippen LogP contribution in [0.15, 0.2) is 11.6 Å². The van der Waals surface area contributed by atoms with Gasteiger partial charge in [0, 0.05) is 11.8 Å². The number of carbonyl (C=O) groups is 1. The fourth-order valence-corrected chi connectivity index (χ4v) is 6.44. The van der Waals surface area contributed by atoms with Gasteiger partial charge in [-0.2, -0.15) is 0 Å². The molecule has 1 unspecified atom stereocenters. The fraction of sp³-hybridized carbons (Fsp3) is 0.842. The Balaban J connectivity index is 1.70. The molecular formula is C19H28O. The van der Waals surface area contributed by atoms with Crippen molar-refractivity contribution in [1.82, 2.24) is 0 Å². The van der Waals surface area contributed by atoms with Gasteiger partial charge in [-0.15, -0.1) is 0 Å². The van der Waals surface area contributed by atoms with E-state index in [2.05, 4.69) is 19.9 Å². The van der Waals surface area contributed by atoms with E-state index in [0.29, 0.717) is 11.2 Å². The van der Waals surface area contributed by atoms with Gasteiger partial charge in [0.15, 0.2) is 0 Å². The smallest absolute Gasteiger partial charge is 0.146 e. The molecule has 5 atom stereocenters. The van der Waals surface area contributed by atoms with Crippen molar-refractivity contribution in [2.45, 2.75) is 71.6 Å². The maximum atomic E-state index is 12.3. The van der Waals surface area contributed by atoms with Gasteiger partial charge in [0.05, 0.1) is 0 Å². The Bertz CT molecular complexity index is 476. The second-order valence-electron chi connectivity index (χ2n) is 8.40. The molecule has 4 rings (SSSR count). The SMILES string of the molecule is C[C@]12CC[C@H]3[C@@H](CCC4CCCC[C@@]43C)C1=CCC2=O. The average molecular weight is 272 g/mol. The molecule has 4 aliphatic rings. The van der Waals surface area contributed by atoms with Gasteiger partial charge in [-0.3, -0.25) is 4.79 Å². The molecule has 4 aliphatic carbocycles. The summed E-state index contributed by atoms with van der Waals surface area (Å²) in [5.74, 6) is 3.08. The van der Waals surface area contributed by atoms with Crippen molar-refractivity contribution in [3.8, 4) is 0 Å². The lowest BCUT2D eigenvalue weighted by Gasteiger charge is -2.58. The second-order valence-corrected chi connectivity index (χ2v) is 8.40. The van der Waals surface area contributed by atoms with Gasteiger partial charge in [0.2, 0.25) is 0 Å². The van der Waals surface area contributed by atoms with Crippen molar-refractivity contribution < 1.29 is 4.79 Å². The molecule has 0 bridgehead atoms. The standard InChI is InChI=1S/C19H28O/c1-18-11-4-3-5-13(18)6-7-14-15-8-9-17(20)19(15,2)12-10-16(14)18/h8,13-14,16H,3-7,9-12H2,1-2H3/t13?,14-,16-,18-,19-/m0/s1. The van der Waals surface area contributed by atoms with Crippen LogP contribution in [0.2, 0.25) is 0 Å². The van der Waals surface area contributed by atoms with Gasteiger partial charge in [-0.25, -0.2) is 0 Å². The minimum Gasteiger partial charge on any atom is -0.298 e. The fourth-order valence-electron chi connectivity index (χ4n) is 6.44. The maximum Gasteiger partial charge on any atom is 0.146 e. The Hall–Kier alpha value is -0.590. The predicted octanol–water partition coefficient (Wildman–Crippen LogP) is 4.91. The third kappa shape index (κ3) is 1.53. The molecule has 0 aliphatic heterocycles. The molecule has 0 aromatic rings. The zero-order chi connectivity index (χ0) is 14.0. The van der Waals surface area contributed by atoms with E-state index in [1.54, 1.807) is 5.57 Å². The molecule has 1 heteroatoms. The summed E-state index contributed by atoms with van der Waals surface area (Å²) in [4.78, 5) is 12.3. The first-order valence-corrected chi connectivity index (χ1v) is 8.79. The zero-order valence-corrected chi connectivity index (χ0v) is 13.1. The molecule has 0 spiro atoms. The van der Waals surface area contributed by atoms with Gasteiger partial charge in [-0.05, 0) is 68.6 Å². The summed E-state index contributed by atoms with van der Waals surface area (Å²) in [5, 5.41) is 0. The highest BCUT2D eigenvalue weighted by atomic mass is 16.1. The number of hydrogen-bond acceptors (Lipinski definition) is 1. The molecule has 3 fully saturated rings. The summed E-state index contributed by atoms with van der Waals surface area (Å²) in [6.45, 7) is 4.83. The van der Waals surface area contributed by atoms with Gasteiger partial charge >= 0.3 is 0 Å². The topological polar surface area (TPSA) is 17.1 Å². The van der Waals surface area contributed by atoms with Crippen molar-refractivity contribution in [3.63, 3.8) is 0 Å². The highest BCUT2D eigenvalue weighted by Crippen LogP contribution is 2.64. The normalized spacial score (nSPS) is 51.0. The highest BCUT2D eigenvalue weighted by molar-refractivity contribution is 5.92. The Kier molecular flexibility index (Phi) is 2.76. The zero-order valence-electron chi connectivity index (χ0n) is 13.1. The molecule has 0 radical (unpaired) electrons. The van der Waals surface area contributed by atoms with E-state index in [0.717, 1.165) is 30.6 Å². The molecule has 0 amide bonds. The van der Waals surface area contributed by atoms with Crippen LogP contribution in [-0.2, 0) is 4.79 Å². The van der Waals surface area contributed by atoms with Crippen LogP contribution >= 0.6 is 0 Å². The lowest BCUT2D eigenvalue weighted by molar-refractivity contribution is -0.127. The molecule has 20 heavy (non-hydrogen) atoms. The van der Waals surface area contributed by atoms with Crippen LogP contribution in [0.3, 0.4) is 0 Å². The minimum atomic E-state index is -0.0704. The van der Waals surface area contributed by atoms with Gasteiger partial charge < -0.3 is 0 Å². The quantitative estimate of drug-likeness (QED) is 0.573. The van der Waals surface area contributed by atoms with E-state index in [9.17, 15) is 4.79 Å². The third-order valence-corrected chi connectivity index (χ3v) is 7.72. The summed E-state index contributed by atoms with van der Waals surface area (Å²) in [6, 6.07) is 0. The van der Waals surface area contributed by atoms with Crippen molar-refractivity contribution >= 4 is 5.78 Å². The van der Waals surface area contributed by atoms with Gasteiger partial charge in [0.1, 0.15) is 5.78 Å².